The highest BCUT2D eigenvalue weighted by atomic mass is 32.2. The van der Waals surface area contributed by atoms with Crippen LogP contribution in [0.5, 0.6) is 0 Å². The Morgan fingerprint density at radius 3 is 2.52 bits per heavy atom. The number of sulfonamides is 1. The first-order valence-corrected chi connectivity index (χ1v) is 15.4. The number of carbonyl (C=O) groups excluding carboxylic acids is 1. The van der Waals surface area contributed by atoms with Gasteiger partial charge in [-0.3, -0.25) is 19.0 Å². The van der Waals surface area contributed by atoms with Gasteiger partial charge in [-0.2, -0.15) is 0 Å². The number of pyridine rings is 1. The molecule has 9 heteroatoms. The summed E-state index contributed by atoms with van der Waals surface area (Å²) in [6.07, 6.45) is 3.31. The van der Waals surface area contributed by atoms with E-state index in [2.05, 4.69) is 11.1 Å². The van der Waals surface area contributed by atoms with Gasteiger partial charge in [-0.1, -0.05) is 41.7 Å². The number of aryl methyl sites for hydroxylation is 3. The van der Waals surface area contributed by atoms with Crippen LogP contribution in [0.1, 0.15) is 39.2 Å². The summed E-state index contributed by atoms with van der Waals surface area (Å²) in [4.78, 5) is 25.0. The van der Waals surface area contributed by atoms with Gasteiger partial charge in [-0.05, 0) is 91.9 Å². The number of para-hydroxylation sites is 1. The summed E-state index contributed by atoms with van der Waals surface area (Å²) in [5.41, 5.74) is 5.95. The summed E-state index contributed by atoms with van der Waals surface area (Å²) in [5, 5.41) is 0.570. The average Bonchev–Trinajstić information content (AvgIpc) is 3.42. The van der Waals surface area contributed by atoms with Crippen LogP contribution in [0.4, 0.5) is 10.8 Å². The van der Waals surface area contributed by atoms with Gasteiger partial charge in [0.25, 0.3) is 15.9 Å². The highest BCUT2D eigenvalue weighted by molar-refractivity contribution is 7.92. The third-order valence-corrected chi connectivity index (χ3v) is 10.2. The number of carbonyl (C=O) groups is 1. The van der Waals surface area contributed by atoms with Crippen molar-refractivity contribution < 1.29 is 13.2 Å². The van der Waals surface area contributed by atoms with Gasteiger partial charge in [0, 0.05) is 18.3 Å². The van der Waals surface area contributed by atoms with Crippen molar-refractivity contribution >= 4 is 48.3 Å². The number of anilines is 2. The van der Waals surface area contributed by atoms with Crippen LogP contribution in [0.25, 0.3) is 10.2 Å². The first-order valence-electron chi connectivity index (χ1n) is 13.1. The van der Waals surface area contributed by atoms with Crippen LogP contribution in [0.2, 0.25) is 0 Å². The molecular weight excluding hydrogens is 541 g/mol. The zero-order chi connectivity index (χ0) is 27.9. The molecule has 0 spiro atoms. The van der Waals surface area contributed by atoms with E-state index >= 15 is 0 Å². The molecule has 3 heterocycles. The van der Waals surface area contributed by atoms with E-state index in [9.17, 15) is 13.2 Å². The number of rotatable bonds is 6. The van der Waals surface area contributed by atoms with E-state index in [1.165, 1.54) is 27.8 Å². The lowest BCUT2D eigenvalue weighted by Gasteiger charge is -2.30. The van der Waals surface area contributed by atoms with Gasteiger partial charge in [0.15, 0.2) is 5.13 Å². The lowest BCUT2D eigenvalue weighted by atomic mass is 10.0. The summed E-state index contributed by atoms with van der Waals surface area (Å²) in [5.74, 6) is -0.272. The van der Waals surface area contributed by atoms with Crippen molar-refractivity contribution in [1.29, 1.82) is 0 Å². The summed E-state index contributed by atoms with van der Waals surface area (Å²) >= 11 is 1.45. The Morgan fingerprint density at radius 1 is 0.975 bits per heavy atom. The van der Waals surface area contributed by atoms with Crippen LogP contribution >= 0.6 is 11.3 Å². The van der Waals surface area contributed by atoms with E-state index < -0.39 is 10.0 Å². The van der Waals surface area contributed by atoms with Crippen molar-refractivity contribution in [1.82, 2.24) is 9.97 Å². The SMILES string of the molecule is Cc1ccc2sc(N(Cc3ccccn3)C(=O)c3ccc(S(=O)(=O)N4CCCc5ccccc54)cc3)nc2c1C. The molecule has 0 bridgehead atoms. The molecule has 3 aromatic carbocycles. The zero-order valence-corrected chi connectivity index (χ0v) is 23.9. The first kappa shape index (κ1) is 26.2. The fourth-order valence-corrected chi connectivity index (χ4v) is 7.57. The molecule has 2 aromatic heterocycles. The number of nitrogens with zero attached hydrogens (tertiary/aromatic N) is 4. The number of amides is 1. The molecule has 5 aromatic rings. The number of thiazole rings is 1. The van der Waals surface area contributed by atoms with Gasteiger partial charge in [-0.15, -0.1) is 0 Å². The fraction of sp³-hybridized carbons (Fsp3) is 0.194. The summed E-state index contributed by atoms with van der Waals surface area (Å²) in [7, 11) is -3.78. The second kappa shape index (κ2) is 10.5. The second-order valence-electron chi connectivity index (χ2n) is 9.90. The summed E-state index contributed by atoms with van der Waals surface area (Å²) in [6.45, 7) is 4.74. The number of aromatic nitrogens is 2. The van der Waals surface area contributed by atoms with E-state index in [4.69, 9.17) is 4.98 Å². The van der Waals surface area contributed by atoms with E-state index in [0.29, 0.717) is 17.2 Å². The molecule has 0 aliphatic carbocycles. The Morgan fingerprint density at radius 2 is 1.75 bits per heavy atom. The maximum Gasteiger partial charge on any atom is 0.264 e. The lowest BCUT2D eigenvalue weighted by Crippen LogP contribution is -2.35. The van der Waals surface area contributed by atoms with E-state index in [1.54, 1.807) is 23.2 Å². The fourth-order valence-electron chi connectivity index (χ4n) is 5.01. The first-order chi connectivity index (χ1) is 19.3. The molecule has 0 unspecified atom stereocenters. The minimum absolute atomic E-state index is 0.156. The Kier molecular flexibility index (Phi) is 6.85. The average molecular weight is 569 g/mol. The molecule has 0 radical (unpaired) electrons. The maximum absolute atomic E-state index is 13.9. The van der Waals surface area contributed by atoms with Crippen molar-refractivity contribution in [3.8, 4) is 0 Å². The third kappa shape index (κ3) is 4.76. The van der Waals surface area contributed by atoms with Crippen molar-refractivity contribution in [3.63, 3.8) is 0 Å². The summed E-state index contributed by atoms with van der Waals surface area (Å²) in [6, 6.07) is 23.5. The summed E-state index contributed by atoms with van der Waals surface area (Å²) < 4.78 is 29.7. The van der Waals surface area contributed by atoms with Crippen LogP contribution in [0.3, 0.4) is 0 Å². The molecule has 1 aliphatic rings. The highest BCUT2D eigenvalue weighted by Gasteiger charge is 2.29. The van der Waals surface area contributed by atoms with Crippen LogP contribution in [-0.2, 0) is 23.0 Å². The minimum atomic E-state index is -3.78. The highest BCUT2D eigenvalue weighted by Crippen LogP contribution is 2.34. The predicted molar refractivity (Wildman–Crippen MR) is 160 cm³/mol. The minimum Gasteiger partial charge on any atom is -0.278 e. The van der Waals surface area contributed by atoms with Crippen LogP contribution in [0, 0.1) is 13.8 Å². The molecule has 0 N–H and O–H groups in total. The van der Waals surface area contributed by atoms with Gasteiger partial charge in [-0.25, -0.2) is 13.4 Å². The Labute approximate surface area is 237 Å². The molecule has 0 fully saturated rings. The van der Waals surface area contributed by atoms with Gasteiger partial charge < -0.3 is 0 Å². The van der Waals surface area contributed by atoms with Crippen molar-refractivity contribution in [2.75, 3.05) is 15.7 Å². The van der Waals surface area contributed by atoms with Crippen molar-refractivity contribution in [2.45, 2.75) is 38.1 Å². The molecule has 40 heavy (non-hydrogen) atoms. The predicted octanol–water partition coefficient (Wildman–Crippen LogP) is 6.30. The lowest BCUT2D eigenvalue weighted by molar-refractivity contribution is 0.0984. The van der Waals surface area contributed by atoms with Gasteiger partial charge >= 0.3 is 0 Å². The van der Waals surface area contributed by atoms with Crippen LogP contribution in [-0.4, -0.2) is 30.8 Å². The monoisotopic (exact) mass is 568 g/mol. The van der Waals surface area contributed by atoms with Crippen LogP contribution in [0.15, 0.2) is 90.0 Å². The van der Waals surface area contributed by atoms with Crippen molar-refractivity contribution in [2.24, 2.45) is 0 Å². The maximum atomic E-state index is 13.9. The Bertz CT molecular complexity index is 1820. The molecular formula is C31H28N4O3S2. The number of benzene rings is 3. The largest absolute Gasteiger partial charge is 0.278 e. The molecule has 1 amide bonds. The van der Waals surface area contributed by atoms with Gasteiger partial charge in [0.2, 0.25) is 0 Å². The third-order valence-electron chi connectivity index (χ3n) is 7.35. The Balaban J connectivity index is 1.34. The topological polar surface area (TPSA) is 83.5 Å². The number of fused-ring (bicyclic) bond motifs is 2. The van der Waals surface area contributed by atoms with E-state index in [-0.39, 0.29) is 17.3 Å². The molecule has 202 valence electrons. The zero-order valence-electron chi connectivity index (χ0n) is 22.2. The normalized spacial score (nSPS) is 13.3. The molecule has 0 atom stereocenters. The standard InChI is InChI=1S/C31H28N4O3S2/c1-21-12-17-28-29(22(21)2)33-31(39-28)34(20-25-10-5-6-18-32-25)30(36)24-13-15-26(16-14-24)40(37,38)35-19-7-9-23-8-3-4-11-27(23)35/h3-6,8,10-18H,7,9,19-20H2,1-2H3. The quantitative estimate of drug-likeness (QED) is 0.240. The molecule has 7 nitrogen and oxygen atoms in total. The van der Waals surface area contributed by atoms with Gasteiger partial charge in [0.1, 0.15) is 0 Å². The second-order valence-corrected chi connectivity index (χ2v) is 12.8. The van der Waals surface area contributed by atoms with E-state index in [1.807, 2.05) is 62.4 Å². The molecule has 1 aliphatic heterocycles. The Hall–Kier alpha value is -4.08. The van der Waals surface area contributed by atoms with E-state index in [0.717, 1.165) is 51.1 Å². The number of hydrogen-bond donors (Lipinski definition) is 0. The number of hydrogen-bond acceptors (Lipinski definition) is 6. The molecule has 0 saturated heterocycles. The van der Waals surface area contributed by atoms with Gasteiger partial charge in [0.05, 0.1) is 33.0 Å². The molecule has 0 saturated carbocycles. The molecule has 6 rings (SSSR count). The smallest absolute Gasteiger partial charge is 0.264 e. The van der Waals surface area contributed by atoms with Crippen molar-refractivity contribution in [3.05, 3.63) is 113 Å². The van der Waals surface area contributed by atoms with Crippen LogP contribution < -0.4 is 9.21 Å².